The van der Waals surface area contributed by atoms with Crippen LogP contribution in [0.1, 0.15) is 37.0 Å². The lowest BCUT2D eigenvalue weighted by Crippen LogP contribution is -2.37. The van der Waals surface area contributed by atoms with Crippen LogP contribution in [0.5, 0.6) is 5.75 Å². The maximum Gasteiger partial charge on any atom is 0.308 e. The molecule has 0 bridgehead atoms. The first-order valence-corrected chi connectivity index (χ1v) is 10.9. The fraction of sp³-hybridized carbons (Fsp3) is 0.333. The molecule has 1 aliphatic heterocycles. The van der Waals surface area contributed by atoms with Gasteiger partial charge in [-0.2, -0.15) is 4.31 Å². The predicted molar refractivity (Wildman–Crippen MR) is 109 cm³/mol. The number of ether oxygens (including phenoxy) is 1. The molecule has 8 heteroatoms. The largest absolute Gasteiger partial charge is 0.427 e. The van der Waals surface area contributed by atoms with E-state index in [0.29, 0.717) is 36.0 Å². The molecular formula is C21H24N2O5S. The summed E-state index contributed by atoms with van der Waals surface area (Å²) in [6.07, 6.45) is 1.73. The summed E-state index contributed by atoms with van der Waals surface area (Å²) >= 11 is 0. The quantitative estimate of drug-likeness (QED) is 0.596. The van der Waals surface area contributed by atoms with Gasteiger partial charge in [-0.15, -0.1) is 0 Å². The van der Waals surface area contributed by atoms with Crippen LogP contribution in [-0.4, -0.2) is 37.7 Å². The van der Waals surface area contributed by atoms with E-state index in [4.69, 9.17) is 4.74 Å². The van der Waals surface area contributed by atoms with Crippen LogP contribution in [0, 0.1) is 5.92 Å². The molecule has 154 valence electrons. The third kappa shape index (κ3) is 5.21. The smallest absolute Gasteiger partial charge is 0.308 e. The molecule has 0 radical (unpaired) electrons. The number of nitrogens with zero attached hydrogens (tertiary/aromatic N) is 1. The van der Waals surface area contributed by atoms with Crippen molar-refractivity contribution in [1.29, 1.82) is 0 Å². The van der Waals surface area contributed by atoms with Crippen molar-refractivity contribution in [3.8, 4) is 5.75 Å². The lowest BCUT2D eigenvalue weighted by Gasteiger charge is -2.29. The van der Waals surface area contributed by atoms with Gasteiger partial charge in [-0.05, 0) is 67.3 Å². The summed E-state index contributed by atoms with van der Waals surface area (Å²) in [5.41, 5.74) is 0.880. The van der Waals surface area contributed by atoms with Crippen molar-refractivity contribution in [2.75, 3.05) is 18.4 Å². The van der Waals surface area contributed by atoms with E-state index in [1.54, 1.807) is 24.3 Å². The zero-order chi connectivity index (χ0) is 21.0. The minimum absolute atomic E-state index is 0.218. The van der Waals surface area contributed by atoms with E-state index in [1.807, 2.05) is 0 Å². The first kappa shape index (κ1) is 21.0. The van der Waals surface area contributed by atoms with Crippen molar-refractivity contribution in [3.63, 3.8) is 0 Å². The molecule has 7 nitrogen and oxygen atoms in total. The Kier molecular flexibility index (Phi) is 6.34. The van der Waals surface area contributed by atoms with Gasteiger partial charge in [0.1, 0.15) is 5.75 Å². The van der Waals surface area contributed by atoms with Gasteiger partial charge in [0.25, 0.3) is 5.91 Å². The van der Waals surface area contributed by atoms with Crippen LogP contribution in [0.3, 0.4) is 0 Å². The van der Waals surface area contributed by atoms with Crippen LogP contribution in [-0.2, 0) is 14.8 Å². The number of sulfonamides is 1. The van der Waals surface area contributed by atoms with Crippen molar-refractivity contribution in [2.45, 2.75) is 31.6 Å². The summed E-state index contributed by atoms with van der Waals surface area (Å²) in [5, 5.41) is 2.73. The molecule has 2 aromatic carbocycles. The number of nitrogens with one attached hydrogen (secondary N) is 1. The van der Waals surface area contributed by atoms with Crippen LogP contribution in [0.4, 0.5) is 5.69 Å². The van der Waals surface area contributed by atoms with Crippen LogP contribution < -0.4 is 10.1 Å². The number of anilines is 1. The fourth-order valence-corrected chi connectivity index (χ4v) is 4.60. The van der Waals surface area contributed by atoms with E-state index < -0.39 is 16.0 Å². The molecule has 0 spiro atoms. The van der Waals surface area contributed by atoms with E-state index in [9.17, 15) is 18.0 Å². The van der Waals surface area contributed by atoms with Crippen molar-refractivity contribution in [1.82, 2.24) is 4.31 Å². The van der Waals surface area contributed by atoms with Gasteiger partial charge < -0.3 is 10.1 Å². The molecule has 0 aromatic heterocycles. The van der Waals surface area contributed by atoms with Crippen molar-refractivity contribution in [2.24, 2.45) is 5.92 Å². The number of carbonyl (C=O) groups is 2. The van der Waals surface area contributed by atoms with E-state index in [1.165, 1.54) is 35.5 Å². The monoisotopic (exact) mass is 416 g/mol. The minimum Gasteiger partial charge on any atom is -0.427 e. The van der Waals surface area contributed by atoms with Crippen molar-refractivity contribution < 1.29 is 22.7 Å². The second kappa shape index (κ2) is 8.75. The number of piperidine rings is 1. The molecule has 1 amide bonds. The maximum absolute atomic E-state index is 12.8. The van der Waals surface area contributed by atoms with E-state index in [-0.39, 0.29) is 10.8 Å². The molecule has 1 heterocycles. The SMILES string of the molecule is CC(=O)Oc1ccc(C(=O)Nc2ccc(S(=O)(=O)N3CCC(C)CC3)cc2)cc1. The molecular weight excluding hydrogens is 392 g/mol. The van der Waals surface area contributed by atoms with Crippen LogP contribution >= 0.6 is 0 Å². The molecule has 2 aromatic rings. The summed E-state index contributed by atoms with van der Waals surface area (Å²) in [5.74, 6) is 0.120. The molecule has 29 heavy (non-hydrogen) atoms. The van der Waals surface area contributed by atoms with Gasteiger partial charge in [0.05, 0.1) is 4.90 Å². The Labute approximate surface area is 170 Å². The fourth-order valence-electron chi connectivity index (χ4n) is 3.13. The lowest BCUT2D eigenvalue weighted by molar-refractivity contribution is -0.131. The number of benzene rings is 2. The Morgan fingerprint density at radius 3 is 2.14 bits per heavy atom. The van der Waals surface area contributed by atoms with E-state index in [2.05, 4.69) is 12.2 Å². The zero-order valence-corrected chi connectivity index (χ0v) is 17.2. The van der Waals surface area contributed by atoms with Gasteiger partial charge >= 0.3 is 5.97 Å². The summed E-state index contributed by atoms with van der Waals surface area (Å²) in [6.45, 7) is 4.50. The first-order valence-electron chi connectivity index (χ1n) is 9.46. The molecule has 1 N–H and O–H groups in total. The Balaban J connectivity index is 1.65. The summed E-state index contributed by atoms with van der Waals surface area (Å²) in [6, 6.07) is 12.3. The third-order valence-corrected chi connectivity index (χ3v) is 6.78. The van der Waals surface area contributed by atoms with Crippen molar-refractivity contribution in [3.05, 3.63) is 54.1 Å². The average molecular weight is 416 g/mol. The predicted octanol–water partition coefficient (Wildman–Crippen LogP) is 3.28. The van der Waals surface area contributed by atoms with Crippen LogP contribution in [0.15, 0.2) is 53.4 Å². The van der Waals surface area contributed by atoms with Gasteiger partial charge in [-0.25, -0.2) is 8.42 Å². The molecule has 1 aliphatic rings. The van der Waals surface area contributed by atoms with Gasteiger partial charge in [0, 0.05) is 31.3 Å². The van der Waals surface area contributed by atoms with Gasteiger partial charge in [0.15, 0.2) is 0 Å². The molecule has 0 unspecified atom stereocenters. The number of amides is 1. The normalized spacial score (nSPS) is 15.7. The highest BCUT2D eigenvalue weighted by Gasteiger charge is 2.27. The Bertz CT molecular complexity index is 977. The minimum atomic E-state index is -3.52. The second-order valence-electron chi connectivity index (χ2n) is 7.18. The molecule has 1 fully saturated rings. The number of carbonyl (C=O) groups excluding carboxylic acids is 2. The molecule has 0 saturated carbocycles. The van der Waals surface area contributed by atoms with Crippen LogP contribution in [0.25, 0.3) is 0 Å². The molecule has 0 aliphatic carbocycles. The average Bonchev–Trinajstić information content (AvgIpc) is 2.69. The van der Waals surface area contributed by atoms with Gasteiger partial charge in [-0.1, -0.05) is 6.92 Å². The summed E-state index contributed by atoms with van der Waals surface area (Å²) < 4.78 is 32.0. The van der Waals surface area contributed by atoms with E-state index in [0.717, 1.165) is 12.8 Å². The molecule has 3 rings (SSSR count). The van der Waals surface area contributed by atoms with Gasteiger partial charge in [-0.3, -0.25) is 9.59 Å². The lowest BCUT2D eigenvalue weighted by atomic mass is 10.0. The maximum atomic E-state index is 12.8. The Hall–Kier alpha value is -2.71. The standard InChI is InChI=1S/C21H24N2O5S/c1-15-11-13-23(14-12-15)29(26,27)20-9-5-18(6-10-20)22-21(25)17-3-7-19(8-4-17)28-16(2)24/h3-10,15H,11-14H2,1-2H3,(H,22,25). The molecule has 0 atom stereocenters. The van der Waals surface area contributed by atoms with Gasteiger partial charge in [0.2, 0.25) is 10.0 Å². The van der Waals surface area contributed by atoms with E-state index >= 15 is 0 Å². The Morgan fingerprint density at radius 2 is 1.59 bits per heavy atom. The highest BCUT2D eigenvalue weighted by Crippen LogP contribution is 2.24. The number of rotatable bonds is 5. The second-order valence-corrected chi connectivity index (χ2v) is 9.12. The summed E-state index contributed by atoms with van der Waals surface area (Å²) in [4.78, 5) is 23.5. The first-order chi connectivity index (χ1) is 13.8. The van der Waals surface area contributed by atoms with Crippen molar-refractivity contribution >= 4 is 27.6 Å². The number of esters is 1. The van der Waals surface area contributed by atoms with Crippen LogP contribution in [0.2, 0.25) is 0 Å². The summed E-state index contributed by atoms with van der Waals surface area (Å²) in [7, 11) is -3.52. The third-order valence-electron chi connectivity index (χ3n) is 4.87. The number of hydrogen-bond acceptors (Lipinski definition) is 5. The number of hydrogen-bond donors (Lipinski definition) is 1. The molecule has 1 saturated heterocycles. The highest BCUT2D eigenvalue weighted by atomic mass is 32.2. The topological polar surface area (TPSA) is 92.8 Å². The Morgan fingerprint density at radius 1 is 1.00 bits per heavy atom. The zero-order valence-electron chi connectivity index (χ0n) is 16.4. The highest BCUT2D eigenvalue weighted by molar-refractivity contribution is 7.89.